The molecule has 39 heavy (non-hydrogen) atoms. The highest BCUT2D eigenvalue weighted by molar-refractivity contribution is 5.89. The molecule has 1 aliphatic heterocycles. The van der Waals surface area contributed by atoms with Gasteiger partial charge >= 0.3 is 5.69 Å². The highest BCUT2D eigenvalue weighted by Gasteiger charge is 2.42. The van der Waals surface area contributed by atoms with Crippen LogP contribution in [0, 0.1) is 5.82 Å². The zero-order valence-electron chi connectivity index (χ0n) is 21.8. The third kappa shape index (κ3) is 5.28. The predicted octanol–water partition coefficient (Wildman–Crippen LogP) is 2.58. The highest BCUT2D eigenvalue weighted by Crippen LogP contribution is 2.48. The Hall–Kier alpha value is -4.08. The SMILES string of the molecule is Cn1c(=O)ccn(CC(=O)N2CC(F)CC2C(=O)NC(c2ccccc2)c2ccc(C3(C)CC3)c(F)c2)c1=O. The molecule has 2 aromatic carbocycles. The van der Waals surface area contributed by atoms with Gasteiger partial charge in [-0.05, 0) is 41.0 Å². The molecule has 1 aromatic heterocycles. The Labute approximate surface area is 223 Å². The van der Waals surface area contributed by atoms with E-state index >= 15 is 4.39 Å². The third-order valence-corrected chi connectivity index (χ3v) is 7.84. The van der Waals surface area contributed by atoms with E-state index < -0.39 is 47.9 Å². The van der Waals surface area contributed by atoms with E-state index in [0.717, 1.165) is 32.9 Å². The average Bonchev–Trinajstić information content (AvgIpc) is 3.54. The molecule has 5 rings (SSSR count). The lowest BCUT2D eigenvalue weighted by molar-refractivity contribution is -0.139. The van der Waals surface area contributed by atoms with Crippen LogP contribution in [0.4, 0.5) is 8.78 Å². The fourth-order valence-corrected chi connectivity index (χ4v) is 5.18. The van der Waals surface area contributed by atoms with Crippen molar-refractivity contribution >= 4 is 11.8 Å². The van der Waals surface area contributed by atoms with Crippen molar-refractivity contribution in [3.8, 4) is 0 Å². The highest BCUT2D eigenvalue weighted by atomic mass is 19.1. The molecule has 1 saturated heterocycles. The number of likely N-dealkylation sites (tertiary alicyclic amines) is 1. The smallest absolute Gasteiger partial charge is 0.331 e. The van der Waals surface area contributed by atoms with Crippen LogP contribution in [-0.4, -0.2) is 44.6 Å². The van der Waals surface area contributed by atoms with Gasteiger partial charge in [-0.3, -0.25) is 23.5 Å². The minimum Gasteiger partial charge on any atom is -0.343 e. The van der Waals surface area contributed by atoms with Crippen molar-refractivity contribution in [2.24, 2.45) is 7.05 Å². The van der Waals surface area contributed by atoms with Gasteiger partial charge in [-0.2, -0.15) is 0 Å². The molecule has 3 aromatic rings. The predicted molar refractivity (Wildman–Crippen MR) is 140 cm³/mol. The lowest BCUT2D eigenvalue weighted by atomic mass is 9.92. The number of hydrogen-bond acceptors (Lipinski definition) is 4. The maximum atomic E-state index is 15.1. The van der Waals surface area contributed by atoms with Crippen LogP contribution >= 0.6 is 0 Å². The molecule has 0 radical (unpaired) electrons. The van der Waals surface area contributed by atoms with Crippen LogP contribution in [0.25, 0.3) is 0 Å². The summed E-state index contributed by atoms with van der Waals surface area (Å²) < 4.78 is 31.6. The molecule has 8 nitrogen and oxygen atoms in total. The van der Waals surface area contributed by atoms with Gasteiger partial charge in [0.15, 0.2) is 0 Å². The number of alkyl halides is 1. The van der Waals surface area contributed by atoms with Crippen LogP contribution in [0.15, 0.2) is 70.4 Å². The van der Waals surface area contributed by atoms with Crippen LogP contribution < -0.4 is 16.6 Å². The summed E-state index contributed by atoms with van der Waals surface area (Å²) in [4.78, 5) is 51.8. The van der Waals surface area contributed by atoms with E-state index in [0.29, 0.717) is 16.7 Å². The molecule has 2 fully saturated rings. The molecule has 2 aliphatic rings. The maximum absolute atomic E-state index is 15.1. The Morgan fingerprint density at radius 1 is 1.08 bits per heavy atom. The minimum atomic E-state index is -1.42. The molecule has 204 valence electrons. The van der Waals surface area contributed by atoms with E-state index in [-0.39, 0.29) is 24.2 Å². The zero-order valence-corrected chi connectivity index (χ0v) is 21.8. The topological polar surface area (TPSA) is 93.4 Å². The molecule has 3 atom stereocenters. The lowest BCUT2D eigenvalue weighted by Crippen LogP contribution is -2.49. The number of aromatic nitrogens is 2. The first-order valence-electron chi connectivity index (χ1n) is 12.9. The number of hydrogen-bond donors (Lipinski definition) is 1. The normalized spacial score (nSPS) is 20.5. The van der Waals surface area contributed by atoms with E-state index in [4.69, 9.17) is 0 Å². The first-order chi connectivity index (χ1) is 18.6. The quantitative estimate of drug-likeness (QED) is 0.503. The fraction of sp³-hybridized carbons (Fsp3) is 0.379. The van der Waals surface area contributed by atoms with Crippen molar-refractivity contribution in [1.82, 2.24) is 19.4 Å². The minimum absolute atomic E-state index is 0.165. The van der Waals surface area contributed by atoms with Crippen molar-refractivity contribution in [2.75, 3.05) is 6.54 Å². The fourth-order valence-electron chi connectivity index (χ4n) is 5.18. The second kappa shape index (κ2) is 10.2. The van der Waals surface area contributed by atoms with Crippen molar-refractivity contribution in [2.45, 2.75) is 56.4 Å². The molecule has 1 saturated carbocycles. The van der Waals surface area contributed by atoms with Crippen LogP contribution in [-0.2, 0) is 28.6 Å². The first-order valence-corrected chi connectivity index (χ1v) is 12.9. The van der Waals surface area contributed by atoms with Gasteiger partial charge in [0.1, 0.15) is 24.6 Å². The Morgan fingerprint density at radius 3 is 2.46 bits per heavy atom. The van der Waals surface area contributed by atoms with Gasteiger partial charge in [-0.15, -0.1) is 0 Å². The van der Waals surface area contributed by atoms with Gasteiger partial charge in [0.05, 0.1) is 12.6 Å². The number of nitrogens with zero attached hydrogens (tertiary/aromatic N) is 3. The summed E-state index contributed by atoms with van der Waals surface area (Å²) in [6, 6.07) is 13.3. The van der Waals surface area contributed by atoms with Crippen LogP contribution in [0.3, 0.4) is 0 Å². The summed E-state index contributed by atoms with van der Waals surface area (Å²) in [6.07, 6.45) is 1.42. The van der Waals surface area contributed by atoms with E-state index in [2.05, 4.69) is 5.32 Å². The van der Waals surface area contributed by atoms with Crippen LogP contribution in [0.5, 0.6) is 0 Å². The second-order valence-corrected chi connectivity index (χ2v) is 10.7. The number of halogens is 2. The van der Waals surface area contributed by atoms with Gasteiger partial charge in [0.25, 0.3) is 5.56 Å². The Bertz CT molecular complexity index is 1530. The molecular weight excluding hydrogens is 506 g/mol. The first kappa shape index (κ1) is 26.5. The number of benzene rings is 2. The molecule has 3 unspecified atom stereocenters. The summed E-state index contributed by atoms with van der Waals surface area (Å²) in [5.74, 6) is -1.55. The van der Waals surface area contributed by atoms with Crippen molar-refractivity contribution in [3.05, 3.63) is 104 Å². The Morgan fingerprint density at radius 2 is 1.79 bits per heavy atom. The van der Waals surface area contributed by atoms with Crippen molar-refractivity contribution in [3.63, 3.8) is 0 Å². The summed E-state index contributed by atoms with van der Waals surface area (Å²) in [5.41, 5.74) is 0.508. The molecule has 2 amide bonds. The van der Waals surface area contributed by atoms with Gasteiger partial charge in [-0.25, -0.2) is 13.6 Å². The monoisotopic (exact) mass is 536 g/mol. The Kier molecular flexibility index (Phi) is 6.96. The molecule has 1 N–H and O–H groups in total. The van der Waals surface area contributed by atoms with E-state index in [1.165, 1.54) is 19.3 Å². The molecule has 0 spiro atoms. The van der Waals surface area contributed by atoms with E-state index in [1.807, 2.05) is 13.0 Å². The Balaban J connectivity index is 1.40. The third-order valence-electron chi connectivity index (χ3n) is 7.84. The maximum Gasteiger partial charge on any atom is 0.331 e. The van der Waals surface area contributed by atoms with Crippen LogP contribution in [0.1, 0.15) is 48.9 Å². The lowest BCUT2D eigenvalue weighted by Gasteiger charge is -2.27. The second-order valence-electron chi connectivity index (χ2n) is 10.7. The summed E-state index contributed by atoms with van der Waals surface area (Å²) >= 11 is 0. The summed E-state index contributed by atoms with van der Waals surface area (Å²) in [7, 11) is 1.29. The standard InChI is InChI=1S/C29H30F2N4O4/c1-29(11-12-29)21-9-8-19(14-22(21)31)26(18-6-4-3-5-7-18)32-27(38)23-15-20(30)16-35(23)25(37)17-34-13-10-24(36)33(2)28(34)39/h3-10,13-14,20,23,26H,11-12,15-17H2,1-2H3,(H,32,38). The molecule has 2 heterocycles. The van der Waals surface area contributed by atoms with Gasteiger partial charge in [-0.1, -0.05) is 49.4 Å². The van der Waals surface area contributed by atoms with Crippen LogP contribution in [0.2, 0.25) is 0 Å². The summed E-state index contributed by atoms with van der Waals surface area (Å²) in [6.45, 7) is 1.27. The number of carbonyl (C=O) groups excluding carboxylic acids is 2. The van der Waals surface area contributed by atoms with Gasteiger partial charge in [0, 0.05) is 25.7 Å². The van der Waals surface area contributed by atoms with Gasteiger partial charge in [0.2, 0.25) is 11.8 Å². The van der Waals surface area contributed by atoms with Crippen molar-refractivity contribution < 1.29 is 18.4 Å². The van der Waals surface area contributed by atoms with Gasteiger partial charge < -0.3 is 10.2 Å². The zero-order chi connectivity index (χ0) is 27.9. The molecular formula is C29H30F2N4O4. The number of amides is 2. The number of carbonyl (C=O) groups is 2. The van der Waals surface area contributed by atoms with E-state index in [1.54, 1.807) is 36.4 Å². The van der Waals surface area contributed by atoms with Crippen molar-refractivity contribution in [1.29, 1.82) is 0 Å². The molecule has 1 aliphatic carbocycles. The average molecular weight is 537 g/mol. The summed E-state index contributed by atoms with van der Waals surface area (Å²) in [5, 5.41) is 2.91. The number of rotatable bonds is 7. The molecule has 0 bridgehead atoms. The van der Waals surface area contributed by atoms with E-state index in [9.17, 15) is 23.6 Å². The number of nitrogens with one attached hydrogen (secondary N) is 1. The molecule has 10 heteroatoms. The largest absolute Gasteiger partial charge is 0.343 e.